The summed E-state index contributed by atoms with van der Waals surface area (Å²) in [5.74, 6) is -1.21. The van der Waals surface area contributed by atoms with Crippen molar-refractivity contribution >= 4 is 5.91 Å². The van der Waals surface area contributed by atoms with E-state index in [1.165, 1.54) is 6.07 Å². The summed E-state index contributed by atoms with van der Waals surface area (Å²) in [6.45, 7) is 4.46. The van der Waals surface area contributed by atoms with Crippen molar-refractivity contribution in [3.8, 4) is 0 Å². The number of hydrogen-bond donors (Lipinski definition) is 2. The van der Waals surface area contributed by atoms with E-state index in [0.29, 0.717) is 12.5 Å². The van der Waals surface area contributed by atoms with Gasteiger partial charge in [0.05, 0.1) is 6.42 Å². The SMILES string of the molecule is CC(C)CC(N)CNC(=O)Cc1ccc(F)cc1F. The molecule has 0 aliphatic carbocycles. The van der Waals surface area contributed by atoms with E-state index in [1.807, 2.05) is 0 Å². The fraction of sp³-hybridized carbons (Fsp3) is 0.500. The Kier molecular flexibility index (Phi) is 5.89. The fourth-order valence-corrected chi connectivity index (χ4v) is 1.83. The molecule has 0 aromatic heterocycles. The first kappa shape index (κ1) is 15.6. The number of nitrogens with one attached hydrogen (secondary N) is 1. The highest BCUT2D eigenvalue weighted by Gasteiger charge is 2.11. The standard InChI is InChI=1S/C14H20F2N2O/c1-9(2)5-12(17)8-18-14(19)6-10-3-4-11(15)7-13(10)16/h3-4,7,9,12H,5-6,8,17H2,1-2H3,(H,18,19). The normalized spacial score (nSPS) is 12.5. The molecular weight excluding hydrogens is 250 g/mol. The number of halogens is 2. The van der Waals surface area contributed by atoms with Crippen LogP contribution < -0.4 is 11.1 Å². The summed E-state index contributed by atoms with van der Waals surface area (Å²) in [4.78, 5) is 11.6. The van der Waals surface area contributed by atoms with Gasteiger partial charge in [0, 0.05) is 18.7 Å². The second-order valence-electron chi connectivity index (χ2n) is 5.11. The smallest absolute Gasteiger partial charge is 0.224 e. The summed E-state index contributed by atoms with van der Waals surface area (Å²) in [6, 6.07) is 3.07. The highest BCUT2D eigenvalue weighted by atomic mass is 19.1. The number of carbonyl (C=O) groups excluding carboxylic acids is 1. The average molecular weight is 270 g/mol. The van der Waals surface area contributed by atoms with Gasteiger partial charge >= 0.3 is 0 Å². The number of carbonyl (C=O) groups is 1. The molecule has 3 nitrogen and oxygen atoms in total. The predicted octanol–water partition coefficient (Wildman–Crippen LogP) is 2.00. The first-order valence-electron chi connectivity index (χ1n) is 6.34. The van der Waals surface area contributed by atoms with E-state index in [-0.39, 0.29) is 23.9 Å². The number of rotatable bonds is 6. The molecule has 5 heteroatoms. The zero-order chi connectivity index (χ0) is 14.4. The molecular formula is C14H20F2N2O. The molecule has 1 rings (SSSR count). The van der Waals surface area contributed by atoms with Gasteiger partial charge in [-0.25, -0.2) is 8.78 Å². The van der Waals surface area contributed by atoms with Gasteiger partial charge in [-0.3, -0.25) is 4.79 Å². The lowest BCUT2D eigenvalue weighted by atomic mass is 10.0. The lowest BCUT2D eigenvalue weighted by molar-refractivity contribution is -0.120. The van der Waals surface area contributed by atoms with Crippen molar-refractivity contribution in [3.63, 3.8) is 0 Å². The Bertz CT molecular complexity index is 435. The average Bonchev–Trinajstić information content (AvgIpc) is 2.29. The number of nitrogens with two attached hydrogens (primary N) is 1. The summed E-state index contributed by atoms with van der Waals surface area (Å²) in [5, 5.41) is 2.65. The van der Waals surface area contributed by atoms with Crippen LogP contribution in [-0.4, -0.2) is 18.5 Å². The Morgan fingerprint density at radius 3 is 2.63 bits per heavy atom. The fourth-order valence-electron chi connectivity index (χ4n) is 1.83. The van der Waals surface area contributed by atoms with Crippen LogP contribution in [0.2, 0.25) is 0 Å². The molecule has 0 saturated carbocycles. The number of amides is 1. The Balaban J connectivity index is 2.43. The second kappa shape index (κ2) is 7.19. The zero-order valence-corrected chi connectivity index (χ0v) is 11.2. The van der Waals surface area contributed by atoms with Gasteiger partial charge in [0.1, 0.15) is 11.6 Å². The first-order valence-corrected chi connectivity index (χ1v) is 6.34. The van der Waals surface area contributed by atoms with Gasteiger partial charge < -0.3 is 11.1 Å². The highest BCUT2D eigenvalue weighted by Crippen LogP contribution is 2.10. The molecule has 0 spiro atoms. The predicted molar refractivity (Wildman–Crippen MR) is 70.5 cm³/mol. The van der Waals surface area contributed by atoms with Gasteiger partial charge in [0.25, 0.3) is 0 Å². The van der Waals surface area contributed by atoms with Gasteiger partial charge in [-0.05, 0) is 24.0 Å². The minimum atomic E-state index is -0.707. The molecule has 1 aromatic rings. The molecule has 3 N–H and O–H groups in total. The van der Waals surface area contributed by atoms with Crippen LogP contribution in [0.1, 0.15) is 25.8 Å². The van der Waals surface area contributed by atoms with Crippen molar-refractivity contribution in [2.75, 3.05) is 6.54 Å². The Hall–Kier alpha value is -1.49. The Labute approximate surface area is 112 Å². The minimum Gasteiger partial charge on any atom is -0.354 e. The van der Waals surface area contributed by atoms with Crippen LogP contribution in [-0.2, 0) is 11.2 Å². The molecule has 0 saturated heterocycles. The Morgan fingerprint density at radius 1 is 1.37 bits per heavy atom. The third-order valence-electron chi connectivity index (χ3n) is 2.70. The van der Waals surface area contributed by atoms with E-state index < -0.39 is 11.6 Å². The Morgan fingerprint density at radius 2 is 2.05 bits per heavy atom. The molecule has 0 aliphatic rings. The second-order valence-corrected chi connectivity index (χ2v) is 5.11. The maximum Gasteiger partial charge on any atom is 0.224 e. The molecule has 1 aromatic carbocycles. The van der Waals surface area contributed by atoms with E-state index in [2.05, 4.69) is 19.2 Å². The molecule has 19 heavy (non-hydrogen) atoms. The maximum absolute atomic E-state index is 13.3. The highest BCUT2D eigenvalue weighted by molar-refractivity contribution is 5.78. The molecule has 1 atom stereocenters. The van der Waals surface area contributed by atoms with Crippen molar-refractivity contribution < 1.29 is 13.6 Å². The molecule has 0 radical (unpaired) electrons. The van der Waals surface area contributed by atoms with Gasteiger partial charge in [-0.2, -0.15) is 0 Å². The quantitative estimate of drug-likeness (QED) is 0.830. The van der Waals surface area contributed by atoms with Crippen molar-refractivity contribution in [2.45, 2.75) is 32.7 Å². The van der Waals surface area contributed by atoms with E-state index in [4.69, 9.17) is 5.73 Å². The van der Waals surface area contributed by atoms with Crippen LogP contribution in [0.4, 0.5) is 8.78 Å². The zero-order valence-electron chi connectivity index (χ0n) is 11.2. The first-order chi connectivity index (χ1) is 8.88. The molecule has 1 unspecified atom stereocenters. The van der Waals surface area contributed by atoms with Crippen LogP contribution in [0.25, 0.3) is 0 Å². The van der Waals surface area contributed by atoms with Gasteiger partial charge in [0.15, 0.2) is 0 Å². The largest absolute Gasteiger partial charge is 0.354 e. The summed E-state index contributed by atoms with van der Waals surface area (Å²) < 4.78 is 26.0. The lowest BCUT2D eigenvalue weighted by Gasteiger charge is -2.14. The van der Waals surface area contributed by atoms with Crippen LogP contribution in [0, 0.1) is 17.6 Å². The molecule has 0 aliphatic heterocycles. The molecule has 0 bridgehead atoms. The topological polar surface area (TPSA) is 55.1 Å². The van der Waals surface area contributed by atoms with Crippen molar-refractivity contribution in [1.29, 1.82) is 0 Å². The maximum atomic E-state index is 13.3. The molecule has 0 heterocycles. The van der Waals surface area contributed by atoms with Crippen molar-refractivity contribution in [3.05, 3.63) is 35.4 Å². The minimum absolute atomic E-state index is 0.109. The van der Waals surface area contributed by atoms with Crippen LogP contribution >= 0.6 is 0 Å². The van der Waals surface area contributed by atoms with Crippen molar-refractivity contribution in [1.82, 2.24) is 5.32 Å². The van der Waals surface area contributed by atoms with Crippen molar-refractivity contribution in [2.24, 2.45) is 11.7 Å². The van der Waals surface area contributed by atoms with Crippen LogP contribution in [0.15, 0.2) is 18.2 Å². The third kappa shape index (κ3) is 5.79. The molecule has 106 valence electrons. The summed E-state index contributed by atoms with van der Waals surface area (Å²) in [7, 11) is 0. The van der Waals surface area contributed by atoms with E-state index in [0.717, 1.165) is 18.6 Å². The van der Waals surface area contributed by atoms with Gasteiger partial charge in [0.2, 0.25) is 5.91 Å². The monoisotopic (exact) mass is 270 g/mol. The number of hydrogen-bond acceptors (Lipinski definition) is 2. The molecule has 0 fully saturated rings. The van der Waals surface area contributed by atoms with Gasteiger partial charge in [-0.1, -0.05) is 19.9 Å². The van der Waals surface area contributed by atoms with Crippen LogP contribution in [0.5, 0.6) is 0 Å². The van der Waals surface area contributed by atoms with E-state index >= 15 is 0 Å². The summed E-state index contributed by atoms with van der Waals surface area (Å²) in [5.41, 5.74) is 6.00. The molecule has 1 amide bonds. The summed E-state index contributed by atoms with van der Waals surface area (Å²) in [6.07, 6.45) is 0.700. The van der Waals surface area contributed by atoms with Crippen LogP contribution in [0.3, 0.4) is 0 Å². The summed E-state index contributed by atoms with van der Waals surface area (Å²) >= 11 is 0. The van der Waals surface area contributed by atoms with E-state index in [1.54, 1.807) is 0 Å². The third-order valence-corrected chi connectivity index (χ3v) is 2.70. The van der Waals surface area contributed by atoms with E-state index in [9.17, 15) is 13.6 Å². The number of benzene rings is 1. The van der Waals surface area contributed by atoms with Gasteiger partial charge in [-0.15, -0.1) is 0 Å². The lowest BCUT2D eigenvalue weighted by Crippen LogP contribution is -2.38.